The van der Waals surface area contributed by atoms with E-state index in [1.807, 2.05) is 0 Å². The number of amides is 2. The smallest absolute Gasteiger partial charge is 0.239 e. The zero-order valence-electron chi connectivity index (χ0n) is 9.28. The van der Waals surface area contributed by atoms with Crippen molar-refractivity contribution in [2.75, 3.05) is 33.4 Å². The molecule has 0 radical (unpaired) electrons. The van der Waals surface area contributed by atoms with E-state index in [1.54, 1.807) is 13.2 Å². The Hall–Kier alpha value is -1.36. The molecule has 1 N–H and O–H groups in total. The van der Waals surface area contributed by atoms with Crippen LogP contribution in [0.1, 0.15) is 6.92 Å². The number of carbonyl (C=O) groups excluding carboxylic acids is 2. The van der Waals surface area contributed by atoms with Crippen molar-refractivity contribution in [1.29, 1.82) is 0 Å². The first-order valence-corrected chi connectivity index (χ1v) is 4.73. The van der Waals surface area contributed by atoms with Gasteiger partial charge >= 0.3 is 0 Å². The Morgan fingerprint density at radius 3 is 2.67 bits per heavy atom. The first-order valence-electron chi connectivity index (χ1n) is 4.73. The number of rotatable bonds is 7. The minimum atomic E-state index is -0.193. The van der Waals surface area contributed by atoms with Gasteiger partial charge in [0, 0.05) is 27.1 Å². The van der Waals surface area contributed by atoms with E-state index < -0.39 is 0 Å². The lowest BCUT2D eigenvalue weighted by Crippen LogP contribution is -2.41. The van der Waals surface area contributed by atoms with E-state index in [1.165, 1.54) is 11.8 Å². The summed E-state index contributed by atoms with van der Waals surface area (Å²) in [4.78, 5) is 23.8. The van der Waals surface area contributed by atoms with Gasteiger partial charge in [0.1, 0.15) is 0 Å². The fraction of sp³-hybridized carbons (Fsp3) is 0.600. The van der Waals surface area contributed by atoms with E-state index in [-0.39, 0.29) is 18.4 Å². The number of ether oxygens (including phenoxy) is 1. The average molecular weight is 214 g/mol. The van der Waals surface area contributed by atoms with Crippen molar-refractivity contribution in [1.82, 2.24) is 10.2 Å². The van der Waals surface area contributed by atoms with E-state index in [0.717, 1.165) is 0 Å². The zero-order valence-corrected chi connectivity index (χ0v) is 9.28. The molecular weight excluding hydrogens is 196 g/mol. The maximum atomic E-state index is 11.3. The minimum Gasteiger partial charge on any atom is -0.383 e. The lowest BCUT2D eigenvalue weighted by molar-refractivity contribution is -0.134. The van der Waals surface area contributed by atoms with E-state index >= 15 is 0 Å². The fourth-order valence-electron chi connectivity index (χ4n) is 0.965. The SMILES string of the molecule is C=CCNC(=O)CN(CCOC)C(C)=O. The summed E-state index contributed by atoms with van der Waals surface area (Å²) in [6.45, 7) is 6.23. The molecule has 2 amide bonds. The van der Waals surface area contributed by atoms with Gasteiger partial charge in [0.25, 0.3) is 0 Å². The molecule has 5 heteroatoms. The minimum absolute atomic E-state index is 0.0620. The fourth-order valence-corrected chi connectivity index (χ4v) is 0.965. The third-order valence-electron chi connectivity index (χ3n) is 1.79. The second kappa shape index (κ2) is 7.99. The predicted octanol–water partition coefficient (Wildman–Crippen LogP) is -0.217. The second-order valence-corrected chi connectivity index (χ2v) is 3.03. The normalized spacial score (nSPS) is 9.47. The molecule has 0 aliphatic rings. The number of carbonyl (C=O) groups is 2. The third kappa shape index (κ3) is 6.68. The van der Waals surface area contributed by atoms with Gasteiger partial charge in [-0.1, -0.05) is 6.08 Å². The van der Waals surface area contributed by atoms with Crippen LogP contribution < -0.4 is 5.32 Å². The zero-order chi connectivity index (χ0) is 11.7. The van der Waals surface area contributed by atoms with Gasteiger partial charge in [-0.25, -0.2) is 0 Å². The first kappa shape index (κ1) is 13.6. The number of hydrogen-bond donors (Lipinski definition) is 1. The van der Waals surface area contributed by atoms with Gasteiger partial charge in [0.05, 0.1) is 13.2 Å². The summed E-state index contributed by atoms with van der Waals surface area (Å²) in [5.74, 6) is -0.331. The molecule has 0 aromatic heterocycles. The molecule has 0 bridgehead atoms. The summed E-state index contributed by atoms with van der Waals surface area (Å²) in [6.07, 6.45) is 1.59. The van der Waals surface area contributed by atoms with Crippen LogP contribution in [0.4, 0.5) is 0 Å². The first-order chi connectivity index (χ1) is 7.11. The largest absolute Gasteiger partial charge is 0.383 e. The van der Waals surface area contributed by atoms with E-state index in [9.17, 15) is 9.59 Å². The monoisotopic (exact) mass is 214 g/mol. The molecule has 0 aliphatic carbocycles. The lowest BCUT2D eigenvalue weighted by Gasteiger charge is -2.19. The summed E-state index contributed by atoms with van der Waals surface area (Å²) in [7, 11) is 1.55. The molecule has 0 aromatic rings. The molecule has 0 saturated heterocycles. The molecule has 0 unspecified atom stereocenters. The summed E-state index contributed by atoms with van der Waals surface area (Å²) < 4.78 is 4.84. The molecule has 0 aromatic carbocycles. The molecule has 5 nitrogen and oxygen atoms in total. The van der Waals surface area contributed by atoms with Crippen molar-refractivity contribution in [3.63, 3.8) is 0 Å². The van der Waals surface area contributed by atoms with Crippen molar-refractivity contribution in [2.45, 2.75) is 6.92 Å². The van der Waals surface area contributed by atoms with Crippen LogP contribution in [0.3, 0.4) is 0 Å². The molecule has 15 heavy (non-hydrogen) atoms. The molecule has 0 rings (SSSR count). The standard InChI is InChI=1S/C10H18N2O3/c1-4-5-11-10(14)8-12(9(2)13)6-7-15-3/h4H,1,5-8H2,2-3H3,(H,11,14). The van der Waals surface area contributed by atoms with E-state index in [0.29, 0.717) is 19.7 Å². The topological polar surface area (TPSA) is 58.6 Å². The maximum Gasteiger partial charge on any atom is 0.239 e. The van der Waals surface area contributed by atoms with Gasteiger partial charge in [-0.3, -0.25) is 9.59 Å². The Morgan fingerprint density at radius 1 is 1.53 bits per heavy atom. The van der Waals surface area contributed by atoms with Gasteiger partial charge in [0.2, 0.25) is 11.8 Å². The van der Waals surface area contributed by atoms with Gasteiger partial charge in [0.15, 0.2) is 0 Å². The average Bonchev–Trinajstić information content (AvgIpc) is 2.20. The van der Waals surface area contributed by atoms with Gasteiger partial charge in [-0.2, -0.15) is 0 Å². The quantitative estimate of drug-likeness (QED) is 0.596. The number of nitrogens with zero attached hydrogens (tertiary/aromatic N) is 1. The van der Waals surface area contributed by atoms with Crippen molar-refractivity contribution < 1.29 is 14.3 Å². The maximum absolute atomic E-state index is 11.3. The van der Waals surface area contributed by atoms with Crippen LogP contribution in [-0.2, 0) is 14.3 Å². The number of hydrogen-bond acceptors (Lipinski definition) is 3. The molecule has 0 spiro atoms. The molecule has 0 heterocycles. The van der Waals surface area contributed by atoms with E-state index in [4.69, 9.17) is 4.74 Å². The summed E-state index contributed by atoms with van der Waals surface area (Å²) >= 11 is 0. The van der Waals surface area contributed by atoms with E-state index in [2.05, 4.69) is 11.9 Å². The van der Waals surface area contributed by atoms with Crippen LogP contribution in [0.25, 0.3) is 0 Å². The van der Waals surface area contributed by atoms with Crippen LogP contribution in [0, 0.1) is 0 Å². The van der Waals surface area contributed by atoms with Crippen molar-refractivity contribution in [2.24, 2.45) is 0 Å². The Kier molecular flexibility index (Phi) is 7.27. The molecular formula is C10H18N2O3. The molecule has 0 saturated carbocycles. The molecule has 0 fully saturated rings. The number of methoxy groups -OCH3 is 1. The molecule has 0 aliphatic heterocycles. The van der Waals surface area contributed by atoms with Crippen LogP contribution >= 0.6 is 0 Å². The highest BCUT2D eigenvalue weighted by Crippen LogP contribution is 1.89. The summed E-state index contributed by atoms with van der Waals surface area (Å²) in [6, 6.07) is 0. The van der Waals surface area contributed by atoms with Gasteiger partial charge in [-0.05, 0) is 0 Å². The Balaban J connectivity index is 3.98. The lowest BCUT2D eigenvalue weighted by atomic mass is 10.4. The highest BCUT2D eigenvalue weighted by Gasteiger charge is 2.12. The van der Waals surface area contributed by atoms with Crippen LogP contribution in [0.2, 0.25) is 0 Å². The highest BCUT2D eigenvalue weighted by atomic mass is 16.5. The number of nitrogens with one attached hydrogen (secondary N) is 1. The van der Waals surface area contributed by atoms with Crippen LogP contribution in [0.5, 0.6) is 0 Å². The van der Waals surface area contributed by atoms with Gasteiger partial charge in [-0.15, -0.1) is 6.58 Å². The van der Waals surface area contributed by atoms with Crippen LogP contribution in [0.15, 0.2) is 12.7 Å². The second-order valence-electron chi connectivity index (χ2n) is 3.03. The van der Waals surface area contributed by atoms with Gasteiger partial charge < -0.3 is 15.0 Å². The Morgan fingerprint density at radius 2 is 2.20 bits per heavy atom. The van der Waals surface area contributed by atoms with Crippen molar-refractivity contribution >= 4 is 11.8 Å². The molecule has 86 valence electrons. The summed E-state index contributed by atoms with van der Waals surface area (Å²) in [5, 5.41) is 2.60. The molecule has 0 atom stereocenters. The Bertz CT molecular complexity index is 229. The van der Waals surface area contributed by atoms with Crippen LogP contribution in [-0.4, -0.2) is 50.1 Å². The third-order valence-corrected chi connectivity index (χ3v) is 1.79. The Labute approximate surface area is 90.1 Å². The van der Waals surface area contributed by atoms with Crippen molar-refractivity contribution in [3.8, 4) is 0 Å². The van der Waals surface area contributed by atoms with Crippen molar-refractivity contribution in [3.05, 3.63) is 12.7 Å². The predicted molar refractivity (Wildman–Crippen MR) is 57.3 cm³/mol. The highest BCUT2D eigenvalue weighted by molar-refractivity contribution is 5.83. The summed E-state index contributed by atoms with van der Waals surface area (Å²) in [5.41, 5.74) is 0.